The number of thiophene rings is 1. The predicted molar refractivity (Wildman–Crippen MR) is 119 cm³/mol. The van der Waals surface area contributed by atoms with E-state index >= 15 is 0 Å². The van der Waals surface area contributed by atoms with Crippen LogP contribution < -0.4 is 9.64 Å². The number of halogens is 1. The summed E-state index contributed by atoms with van der Waals surface area (Å²) in [6, 6.07) is 11.4. The summed E-state index contributed by atoms with van der Waals surface area (Å²) in [7, 11) is -2.76. The molecule has 0 radical (unpaired) electrons. The first-order valence-corrected chi connectivity index (χ1v) is 12.3. The minimum atomic E-state index is -2.76. The van der Waals surface area contributed by atoms with Crippen molar-refractivity contribution in [2.75, 3.05) is 18.1 Å². The van der Waals surface area contributed by atoms with E-state index in [4.69, 9.17) is 26.6 Å². The second-order valence-corrected chi connectivity index (χ2v) is 11.0. The van der Waals surface area contributed by atoms with Crippen LogP contribution in [0.3, 0.4) is 0 Å². The van der Waals surface area contributed by atoms with Crippen LogP contribution in [0.25, 0.3) is 10.7 Å². The Bertz CT molecular complexity index is 1190. The van der Waals surface area contributed by atoms with E-state index in [1.54, 1.807) is 6.07 Å². The number of ether oxygens (including phenoxy) is 1. The van der Waals surface area contributed by atoms with Crippen molar-refractivity contribution in [3.05, 3.63) is 51.5 Å². The van der Waals surface area contributed by atoms with Gasteiger partial charge in [-0.25, -0.2) is 9.97 Å². The molecule has 30 heavy (non-hydrogen) atoms. The molecule has 154 valence electrons. The zero-order valence-electron chi connectivity index (χ0n) is 15.7. The Kier molecular flexibility index (Phi) is 4.84. The summed E-state index contributed by atoms with van der Waals surface area (Å²) in [5.41, 5.74) is 3.55. The summed E-state index contributed by atoms with van der Waals surface area (Å²) >= 11 is 7.49. The van der Waals surface area contributed by atoms with Crippen molar-refractivity contribution in [2.45, 2.75) is 17.9 Å². The number of rotatable bonds is 4. The number of benzene rings is 1. The van der Waals surface area contributed by atoms with Gasteiger partial charge < -0.3 is 9.64 Å². The molecule has 7 nitrogen and oxygen atoms in total. The molecule has 2 aliphatic rings. The van der Waals surface area contributed by atoms with E-state index in [1.807, 2.05) is 30.3 Å². The molecule has 0 atom stereocenters. The zero-order chi connectivity index (χ0) is 20.9. The summed E-state index contributed by atoms with van der Waals surface area (Å²) in [6.07, 6.45) is 0.836. The largest absolute Gasteiger partial charge is 0.479 e. The van der Waals surface area contributed by atoms with E-state index in [1.165, 1.54) is 11.3 Å². The van der Waals surface area contributed by atoms with Crippen molar-refractivity contribution in [2.24, 2.45) is 0 Å². The molecule has 0 fully saturated rings. The van der Waals surface area contributed by atoms with E-state index in [9.17, 15) is 9.11 Å². The number of fused-ring (bicyclic) bond motifs is 2. The molecule has 1 aromatic carbocycles. The molecule has 0 aliphatic carbocycles. The van der Waals surface area contributed by atoms with Gasteiger partial charge in [0.25, 0.3) is 0 Å². The Morgan fingerprint density at radius 2 is 2.10 bits per heavy atom. The van der Waals surface area contributed by atoms with Gasteiger partial charge in [0.05, 0.1) is 26.4 Å². The standard InChI is InChI=1S/C20H17ClN4O3S2/c21-18-4-3-17(29-18)19-23-15-11-30(26,27)10-14(15)20(24-19)25-7-5-12-1-2-13(9-16(12)25)28-8-6-22/h1-4,9,26-27H,5,7-8,10-11H2. The molecule has 0 spiro atoms. The number of nitriles is 1. The van der Waals surface area contributed by atoms with E-state index in [-0.39, 0.29) is 18.1 Å². The number of anilines is 2. The van der Waals surface area contributed by atoms with Crippen LogP contribution in [0.1, 0.15) is 16.8 Å². The second kappa shape index (κ2) is 7.41. The smallest absolute Gasteiger partial charge is 0.174 e. The van der Waals surface area contributed by atoms with Crippen molar-refractivity contribution in [3.8, 4) is 22.5 Å². The number of nitrogens with zero attached hydrogens (tertiary/aromatic N) is 4. The van der Waals surface area contributed by atoms with E-state index in [0.29, 0.717) is 34.0 Å². The van der Waals surface area contributed by atoms with Crippen molar-refractivity contribution >= 4 is 45.0 Å². The lowest BCUT2D eigenvalue weighted by molar-refractivity contribution is 0.368. The first kappa shape index (κ1) is 19.6. The van der Waals surface area contributed by atoms with E-state index < -0.39 is 10.6 Å². The fourth-order valence-corrected chi connectivity index (χ4v) is 6.35. The van der Waals surface area contributed by atoms with Gasteiger partial charge in [-0.15, -0.1) is 11.3 Å². The molecule has 2 aliphatic heterocycles. The molecule has 0 bridgehead atoms. The highest BCUT2D eigenvalue weighted by Gasteiger charge is 2.34. The van der Waals surface area contributed by atoms with Gasteiger partial charge in [0.15, 0.2) is 12.4 Å². The van der Waals surface area contributed by atoms with Gasteiger partial charge in [-0.05, 0) is 30.2 Å². The first-order chi connectivity index (χ1) is 14.4. The van der Waals surface area contributed by atoms with Gasteiger partial charge in [0, 0.05) is 23.9 Å². The summed E-state index contributed by atoms with van der Waals surface area (Å²) < 4.78 is 26.9. The number of hydrogen-bond acceptors (Lipinski definition) is 8. The van der Waals surface area contributed by atoms with Crippen molar-refractivity contribution in [1.29, 1.82) is 5.26 Å². The third-order valence-electron chi connectivity index (χ3n) is 5.12. The van der Waals surface area contributed by atoms with Crippen LogP contribution in [0, 0.1) is 11.3 Å². The molecule has 3 aromatic rings. The van der Waals surface area contributed by atoms with Gasteiger partial charge >= 0.3 is 0 Å². The highest BCUT2D eigenvalue weighted by molar-refractivity contribution is 8.23. The lowest BCUT2D eigenvalue weighted by atomic mass is 10.1. The van der Waals surface area contributed by atoms with Crippen LogP contribution in [0.4, 0.5) is 11.5 Å². The van der Waals surface area contributed by atoms with E-state index in [0.717, 1.165) is 28.1 Å². The third-order valence-corrected chi connectivity index (χ3v) is 7.83. The quantitative estimate of drug-likeness (QED) is 0.550. The minimum absolute atomic E-state index is 0.0219. The molecule has 2 aromatic heterocycles. The third kappa shape index (κ3) is 3.51. The summed E-state index contributed by atoms with van der Waals surface area (Å²) in [5, 5.41) is 8.79. The van der Waals surface area contributed by atoms with Gasteiger partial charge in [-0.2, -0.15) is 15.9 Å². The Hall–Kier alpha value is -2.35. The normalized spacial score (nSPS) is 17.3. The summed E-state index contributed by atoms with van der Waals surface area (Å²) in [6.45, 7) is 0.691. The first-order valence-electron chi connectivity index (χ1n) is 9.23. The topological polar surface area (TPSA) is 102 Å². The molecule has 0 amide bonds. The van der Waals surface area contributed by atoms with Crippen LogP contribution in [0.5, 0.6) is 5.75 Å². The Labute approximate surface area is 183 Å². The fourth-order valence-electron chi connectivity index (χ4n) is 3.84. The zero-order valence-corrected chi connectivity index (χ0v) is 18.1. The minimum Gasteiger partial charge on any atom is -0.479 e. The number of hydrogen-bond donors (Lipinski definition) is 2. The maximum absolute atomic E-state index is 10.4. The molecule has 4 heterocycles. The van der Waals surface area contributed by atoms with Gasteiger partial charge in [-0.3, -0.25) is 9.11 Å². The molecule has 10 heteroatoms. The lowest BCUT2D eigenvalue weighted by Gasteiger charge is -2.25. The molecule has 0 saturated heterocycles. The summed E-state index contributed by atoms with van der Waals surface area (Å²) in [4.78, 5) is 12.4. The van der Waals surface area contributed by atoms with E-state index in [2.05, 4.69) is 9.88 Å². The Morgan fingerprint density at radius 3 is 2.87 bits per heavy atom. The Morgan fingerprint density at radius 1 is 1.23 bits per heavy atom. The predicted octanol–water partition coefficient (Wildman–Crippen LogP) is 5.22. The fraction of sp³-hybridized carbons (Fsp3) is 0.250. The average molecular weight is 461 g/mol. The maximum atomic E-state index is 10.4. The van der Waals surface area contributed by atoms with Gasteiger partial charge in [0.1, 0.15) is 17.6 Å². The lowest BCUT2D eigenvalue weighted by Crippen LogP contribution is -2.18. The second-order valence-electron chi connectivity index (χ2n) is 7.13. The highest BCUT2D eigenvalue weighted by Crippen LogP contribution is 2.55. The molecule has 2 N–H and O–H groups in total. The van der Waals surface area contributed by atoms with Crippen molar-refractivity contribution < 1.29 is 13.8 Å². The van der Waals surface area contributed by atoms with Crippen molar-refractivity contribution in [3.63, 3.8) is 0 Å². The SMILES string of the molecule is N#CCOc1ccc2c(c1)N(c1nc(-c3ccc(Cl)s3)nc3c1CS(O)(O)C3)CC2. The van der Waals surface area contributed by atoms with Crippen LogP contribution in [0.2, 0.25) is 4.34 Å². The monoisotopic (exact) mass is 460 g/mol. The van der Waals surface area contributed by atoms with Gasteiger partial charge in [-0.1, -0.05) is 17.7 Å². The maximum Gasteiger partial charge on any atom is 0.174 e. The van der Waals surface area contributed by atoms with Crippen molar-refractivity contribution in [1.82, 2.24) is 9.97 Å². The molecule has 5 rings (SSSR count). The van der Waals surface area contributed by atoms with Crippen LogP contribution in [0.15, 0.2) is 30.3 Å². The molecular weight excluding hydrogens is 444 g/mol. The van der Waals surface area contributed by atoms with Crippen LogP contribution in [-0.4, -0.2) is 32.2 Å². The van der Waals surface area contributed by atoms with Gasteiger partial charge in [0.2, 0.25) is 0 Å². The number of aromatic nitrogens is 2. The van der Waals surface area contributed by atoms with Crippen LogP contribution >= 0.6 is 33.5 Å². The highest BCUT2D eigenvalue weighted by atomic mass is 35.5. The summed E-state index contributed by atoms with van der Waals surface area (Å²) in [5.74, 6) is 2.12. The molecular formula is C20H17ClN4O3S2. The molecule has 0 unspecified atom stereocenters. The average Bonchev–Trinajstić information content (AvgIpc) is 3.40. The Balaban J connectivity index is 1.62. The molecule has 0 saturated carbocycles. The van der Waals surface area contributed by atoms with Crippen LogP contribution in [-0.2, 0) is 17.9 Å².